The van der Waals surface area contributed by atoms with Crippen molar-refractivity contribution in [3.8, 4) is 11.6 Å². The molecule has 1 heterocycles. The molecule has 0 atom stereocenters. The fraction of sp³-hybridized carbons (Fsp3) is 0.0833. The molecule has 106 valence electrons. The topological polar surface area (TPSA) is 48.1 Å². The number of anilines is 1. The van der Waals surface area contributed by atoms with Crippen molar-refractivity contribution < 1.29 is 22.3 Å². The number of hydrogen-bond donors (Lipinski definition) is 1. The van der Waals surface area contributed by atoms with Gasteiger partial charge in [-0.3, -0.25) is 0 Å². The van der Waals surface area contributed by atoms with Gasteiger partial charge in [-0.05, 0) is 24.3 Å². The van der Waals surface area contributed by atoms with E-state index in [1.807, 2.05) is 0 Å². The molecule has 0 unspecified atom stereocenters. The van der Waals surface area contributed by atoms with E-state index in [1.54, 1.807) is 0 Å². The third-order valence-corrected chi connectivity index (χ3v) is 2.75. The number of ether oxygens (including phenoxy) is 1. The number of nitrogens with two attached hydrogens (primary N) is 1. The van der Waals surface area contributed by atoms with Crippen LogP contribution in [0, 0.1) is 5.82 Å². The average molecular weight is 351 g/mol. The van der Waals surface area contributed by atoms with Gasteiger partial charge in [0.2, 0.25) is 5.88 Å². The summed E-state index contributed by atoms with van der Waals surface area (Å²) >= 11 is 3.05. The second kappa shape index (κ2) is 5.28. The first-order chi connectivity index (χ1) is 9.25. The molecule has 0 aliphatic carbocycles. The third kappa shape index (κ3) is 3.38. The van der Waals surface area contributed by atoms with Crippen LogP contribution in [0.2, 0.25) is 0 Å². The largest absolute Gasteiger partial charge is 0.436 e. The standard InChI is InChI=1S/C12H7BrF4N2O/c13-7-1-2-9(8(14)5-7)20-11-4-6(12(15,16)17)3-10(18)19-11/h1-5H,(H2,18,19). The maximum Gasteiger partial charge on any atom is 0.416 e. The van der Waals surface area contributed by atoms with E-state index in [4.69, 9.17) is 10.5 Å². The Morgan fingerprint density at radius 3 is 2.45 bits per heavy atom. The Morgan fingerprint density at radius 2 is 1.85 bits per heavy atom. The third-order valence-electron chi connectivity index (χ3n) is 2.26. The number of rotatable bonds is 2. The summed E-state index contributed by atoms with van der Waals surface area (Å²) in [6.07, 6.45) is -4.59. The van der Waals surface area contributed by atoms with E-state index in [2.05, 4.69) is 20.9 Å². The minimum absolute atomic E-state index is 0.251. The summed E-state index contributed by atoms with van der Waals surface area (Å²) in [5, 5.41) is 0. The van der Waals surface area contributed by atoms with Crippen molar-refractivity contribution in [1.29, 1.82) is 0 Å². The van der Waals surface area contributed by atoms with Crippen molar-refractivity contribution in [3.05, 3.63) is 46.2 Å². The molecule has 2 aromatic rings. The molecule has 0 saturated heterocycles. The van der Waals surface area contributed by atoms with Crippen molar-refractivity contribution in [2.75, 3.05) is 5.73 Å². The van der Waals surface area contributed by atoms with E-state index in [0.717, 1.165) is 6.07 Å². The zero-order valence-corrected chi connectivity index (χ0v) is 11.3. The Kier molecular flexibility index (Phi) is 3.85. The number of benzene rings is 1. The quantitative estimate of drug-likeness (QED) is 0.817. The number of aromatic nitrogens is 1. The van der Waals surface area contributed by atoms with Crippen molar-refractivity contribution in [3.63, 3.8) is 0 Å². The van der Waals surface area contributed by atoms with E-state index < -0.39 is 23.4 Å². The second-order valence-electron chi connectivity index (χ2n) is 3.79. The van der Waals surface area contributed by atoms with Crippen molar-refractivity contribution >= 4 is 21.7 Å². The van der Waals surface area contributed by atoms with Gasteiger partial charge in [0, 0.05) is 10.5 Å². The van der Waals surface area contributed by atoms with Crippen molar-refractivity contribution in [2.45, 2.75) is 6.18 Å². The number of pyridine rings is 1. The van der Waals surface area contributed by atoms with Gasteiger partial charge in [-0.25, -0.2) is 4.39 Å². The fourth-order valence-corrected chi connectivity index (χ4v) is 1.75. The molecule has 0 aliphatic rings. The summed E-state index contributed by atoms with van der Waals surface area (Å²) in [7, 11) is 0. The number of nitrogen functional groups attached to an aromatic ring is 1. The Labute approximate surface area is 119 Å². The predicted octanol–water partition coefficient (Wildman–Crippen LogP) is 4.38. The van der Waals surface area contributed by atoms with E-state index in [-0.39, 0.29) is 11.6 Å². The van der Waals surface area contributed by atoms with Crippen LogP contribution in [0.25, 0.3) is 0 Å². The van der Waals surface area contributed by atoms with E-state index >= 15 is 0 Å². The summed E-state index contributed by atoms with van der Waals surface area (Å²) < 4.78 is 56.8. The molecular formula is C12H7BrF4N2O. The van der Waals surface area contributed by atoms with Crippen LogP contribution in [0.15, 0.2) is 34.8 Å². The average Bonchev–Trinajstić information content (AvgIpc) is 2.31. The summed E-state index contributed by atoms with van der Waals surface area (Å²) in [6, 6.07) is 5.18. The molecule has 0 bridgehead atoms. The zero-order chi connectivity index (χ0) is 14.9. The molecule has 2 N–H and O–H groups in total. The Morgan fingerprint density at radius 1 is 1.15 bits per heavy atom. The Balaban J connectivity index is 2.36. The summed E-state index contributed by atoms with van der Waals surface area (Å²) in [4.78, 5) is 3.58. The summed E-state index contributed by atoms with van der Waals surface area (Å²) in [6.45, 7) is 0. The van der Waals surface area contributed by atoms with E-state index in [1.165, 1.54) is 12.1 Å². The van der Waals surface area contributed by atoms with Gasteiger partial charge < -0.3 is 10.5 Å². The summed E-state index contributed by atoms with van der Waals surface area (Å²) in [5.41, 5.74) is 4.26. The van der Waals surface area contributed by atoms with E-state index in [0.29, 0.717) is 16.6 Å². The van der Waals surface area contributed by atoms with Crippen LogP contribution >= 0.6 is 15.9 Å². The Hall–Kier alpha value is -1.83. The smallest absolute Gasteiger partial charge is 0.416 e. The van der Waals surface area contributed by atoms with E-state index in [9.17, 15) is 17.6 Å². The maximum absolute atomic E-state index is 13.5. The van der Waals surface area contributed by atoms with Gasteiger partial charge in [-0.15, -0.1) is 0 Å². The fourth-order valence-electron chi connectivity index (χ4n) is 1.41. The molecule has 0 radical (unpaired) electrons. The first kappa shape index (κ1) is 14.6. The predicted molar refractivity (Wildman–Crippen MR) is 67.8 cm³/mol. The lowest BCUT2D eigenvalue weighted by molar-refractivity contribution is -0.137. The van der Waals surface area contributed by atoms with Gasteiger partial charge in [0.25, 0.3) is 0 Å². The van der Waals surface area contributed by atoms with Crippen LogP contribution in [-0.2, 0) is 6.18 Å². The second-order valence-corrected chi connectivity index (χ2v) is 4.71. The van der Waals surface area contributed by atoms with Crippen LogP contribution in [0.4, 0.5) is 23.4 Å². The van der Waals surface area contributed by atoms with Gasteiger partial charge in [0.05, 0.1) is 5.56 Å². The monoisotopic (exact) mass is 350 g/mol. The highest BCUT2D eigenvalue weighted by Gasteiger charge is 2.31. The number of halogens is 5. The molecule has 1 aromatic heterocycles. The van der Waals surface area contributed by atoms with Crippen LogP contribution in [0.5, 0.6) is 11.6 Å². The molecule has 3 nitrogen and oxygen atoms in total. The minimum Gasteiger partial charge on any atom is -0.436 e. The molecule has 8 heteroatoms. The van der Waals surface area contributed by atoms with Crippen LogP contribution in [-0.4, -0.2) is 4.98 Å². The lowest BCUT2D eigenvalue weighted by atomic mass is 10.2. The Bertz CT molecular complexity index is 646. The molecule has 0 aliphatic heterocycles. The van der Waals surface area contributed by atoms with Crippen LogP contribution in [0.3, 0.4) is 0 Å². The molecule has 2 rings (SSSR count). The molecule has 0 fully saturated rings. The molecular weight excluding hydrogens is 344 g/mol. The zero-order valence-electron chi connectivity index (χ0n) is 9.71. The highest BCUT2D eigenvalue weighted by molar-refractivity contribution is 9.10. The maximum atomic E-state index is 13.5. The van der Waals surface area contributed by atoms with Gasteiger partial charge in [0.15, 0.2) is 11.6 Å². The first-order valence-electron chi connectivity index (χ1n) is 5.23. The minimum atomic E-state index is -4.59. The molecule has 0 amide bonds. The highest BCUT2D eigenvalue weighted by atomic mass is 79.9. The molecule has 20 heavy (non-hydrogen) atoms. The highest BCUT2D eigenvalue weighted by Crippen LogP contribution is 2.33. The molecule has 0 saturated carbocycles. The summed E-state index contributed by atoms with van der Waals surface area (Å²) in [5.74, 6) is -1.79. The molecule has 0 spiro atoms. The number of alkyl halides is 3. The SMILES string of the molecule is Nc1cc(C(F)(F)F)cc(Oc2ccc(Br)cc2F)n1. The molecule has 1 aromatic carbocycles. The van der Waals surface area contributed by atoms with Crippen molar-refractivity contribution in [2.24, 2.45) is 0 Å². The van der Waals surface area contributed by atoms with Gasteiger partial charge in [-0.2, -0.15) is 18.2 Å². The number of nitrogens with zero attached hydrogens (tertiary/aromatic N) is 1. The lowest BCUT2D eigenvalue weighted by Gasteiger charge is -2.11. The lowest BCUT2D eigenvalue weighted by Crippen LogP contribution is -2.07. The van der Waals surface area contributed by atoms with Crippen LogP contribution in [0.1, 0.15) is 5.56 Å². The normalized spacial score (nSPS) is 11.4. The van der Waals surface area contributed by atoms with Crippen LogP contribution < -0.4 is 10.5 Å². The van der Waals surface area contributed by atoms with Crippen molar-refractivity contribution in [1.82, 2.24) is 4.98 Å². The number of hydrogen-bond acceptors (Lipinski definition) is 3. The van der Waals surface area contributed by atoms with Gasteiger partial charge in [0.1, 0.15) is 5.82 Å². The first-order valence-corrected chi connectivity index (χ1v) is 6.02. The van der Waals surface area contributed by atoms with Gasteiger partial charge in [-0.1, -0.05) is 15.9 Å². The van der Waals surface area contributed by atoms with Gasteiger partial charge >= 0.3 is 6.18 Å².